The van der Waals surface area contributed by atoms with Gasteiger partial charge in [-0.3, -0.25) is 4.79 Å². The Hall–Kier alpha value is -0.0300. The van der Waals surface area contributed by atoms with Gasteiger partial charge in [-0.05, 0) is 46.7 Å². The first-order valence-electron chi connectivity index (χ1n) is 6.07. The van der Waals surface area contributed by atoms with E-state index in [1.54, 1.807) is 0 Å². The molecule has 0 aliphatic carbocycles. The van der Waals surface area contributed by atoms with Crippen LogP contribution in [0.25, 0.3) is 0 Å². The Morgan fingerprint density at radius 2 is 1.78 bits per heavy atom. The molecule has 6 heteroatoms. The lowest BCUT2D eigenvalue weighted by Gasteiger charge is -2.32. The topological polar surface area (TPSA) is 55.6 Å². The van der Waals surface area contributed by atoms with E-state index < -0.39 is 0 Å². The second kappa shape index (κ2) is 8.97. The van der Waals surface area contributed by atoms with Gasteiger partial charge in [0.25, 0.3) is 0 Å². The van der Waals surface area contributed by atoms with Crippen molar-refractivity contribution >= 4 is 30.8 Å². The predicted molar refractivity (Wildman–Crippen MR) is 78.6 cm³/mol. The van der Waals surface area contributed by atoms with Crippen LogP contribution in [0.5, 0.6) is 0 Å². The quantitative estimate of drug-likeness (QED) is 0.808. The summed E-state index contributed by atoms with van der Waals surface area (Å²) in [6.45, 7) is 9.28. The molecule has 0 aromatic heterocycles. The second-order valence-corrected chi connectivity index (χ2v) is 5.44. The van der Waals surface area contributed by atoms with Crippen LogP contribution < -0.4 is 5.73 Å². The fourth-order valence-corrected chi connectivity index (χ4v) is 1.96. The lowest BCUT2D eigenvalue weighted by molar-refractivity contribution is -0.161. The third-order valence-corrected chi connectivity index (χ3v) is 2.77. The number of hydrogen-bond acceptors (Lipinski definition) is 4. The zero-order chi connectivity index (χ0) is 12.2. The molecule has 0 spiro atoms. The summed E-state index contributed by atoms with van der Waals surface area (Å²) in [7, 11) is 0. The smallest absolute Gasteiger partial charge is 0.309 e. The van der Waals surface area contributed by atoms with E-state index in [0.717, 1.165) is 32.5 Å². The van der Waals surface area contributed by atoms with Crippen molar-refractivity contribution in [3.05, 3.63) is 0 Å². The highest BCUT2D eigenvalue weighted by Gasteiger charge is 2.28. The molecule has 0 atom stereocenters. The maximum Gasteiger partial charge on any atom is 0.309 e. The number of halogens is 2. The van der Waals surface area contributed by atoms with E-state index in [1.807, 2.05) is 20.8 Å². The summed E-state index contributed by atoms with van der Waals surface area (Å²) in [5, 5.41) is 0. The number of nitrogens with zero attached hydrogens (tertiary/aromatic N) is 1. The average molecular weight is 301 g/mol. The molecule has 1 aliphatic rings. The Bertz CT molecular complexity index is 237. The highest BCUT2D eigenvalue weighted by Crippen LogP contribution is 2.21. The van der Waals surface area contributed by atoms with Gasteiger partial charge < -0.3 is 15.4 Å². The first-order chi connectivity index (χ1) is 7.42. The first kappa shape index (κ1) is 20.3. The van der Waals surface area contributed by atoms with E-state index in [4.69, 9.17) is 10.5 Å². The van der Waals surface area contributed by atoms with E-state index in [-0.39, 0.29) is 42.3 Å². The molecule has 4 nitrogen and oxygen atoms in total. The molecule has 0 radical (unpaired) electrons. The molecule has 1 saturated heterocycles. The van der Waals surface area contributed by atoms with Crippen LogP contribution in [0.4, 0.5) is 0 Å². The summed E-state index contributed by atoms with van der Waals surface area (Å²) in [6, 6.07) is 0. The van der Waals surface area contributed by atoms with E-state index in [9.17, 15) is 4.79 Å². The molecule has 2 N–H and O–H groups in total. The molecule has 0 saturated carbocycles. The highest BCUT2D eigenvalue weighted by molar-refractivity contribution is 5.85. The lowest BCUT2D eigenvalue weighted by atomic mass is 9.96. The summed E-state index contributed by atoms with van der Waals surface area (Å²) in [4.78, 5) is 14.1. The molecule has 18 heavy (non-hydrogen) atoms. The van der Waals surface area contributed by atoms with E-state index in [1.165, 1.54) is 0 Å². The fraction of sp³-hybridized carbons (Fsp3) is 0.917. The predicted octanol–water partition coefficient (Wildman–Crippen LogP) is 1.84. The van der Waals surface area contributed by atoms with Crippen LogP contribution in [-0.2, 0) is 9.53 Å². The average Bonchev–Trinajstić information content (AvgIpc) is 2.16. The van der Waals surface area contributed by atoms with Crippen molar-refractivity contribution in [2.45, 2.75) is 39.2 Å². The van der Waals surface area contributed by atoms with Crippen molar-refractivity contribution in [3.63, 3.8) is 0 Å². The number of likely N-dealkylation sites (tertiary alicyclic amines) is 1. The number of piperidine rings is 1. The van der Waals surface area contributed by atoms with Crippen molar-refractivity contribution in [2.75, 3.05) is 26.2 Å². The van der Waals surface area contributed by atoms with Gasteiger partial charge in [0.05, 0.1) is 5.92 Å². The Balaban J connectivity index is 0. The Morgan fingerprint density at radius 1 is 1.28 bits per heavy atom. The van der Waals surface area contributed by atoms with Crippen LogP contribution in [0, 0.1) is 5.92 Å². The normalized spacial score (nSPS) is 17.6. The molecule has 0 unspecified atom stereocenters. The monoisotopic (exact) mass is 300 g/mol. The maximum atomic E-state index is 11.8. The summed E-state index contributed by atoms with van der Waals surface area (Å²) in [6.07, 6.45) is 1.80. The van der Waals surface area contributed by atoms with Crippen LogP contribution in [0.2, 0.25) is 0 Å². The molecule has 0 bridgehead atoms. The van der Waals surface area contributed by atoms with Crippen LogP contribution >= 0.6 is 24.8 Å². The molecule has 0 aromatic rings. The molecule has 0 amide bonds. The fourth-order valence-electron chi connectivity index (χ4n) is 1.96. The van der Waals surface area contributed by atoms with Gasteiger partial charge in [0.15, 0.2) is 0 Å². The van der Waals surface area contributed by atoms with Crippen LogP contribution in [-0.4, -0.2) is 42.6 Å². The number of esters is 1. The van der Waals surface area contributed by atoms with Gasteiger partial charge in [0, 0.05) is 13.1 Å². The standard InChI is InChI=1S/C12H24N2O2.2ClH/c1-12(2,3)16-11(15)10-4-7-14(8-5-10)9-6-13;;/h10H,4-9,13H2,1-3H3;2*1H. The third kappa shape index (κ3) is 7.41. The van der Waals surface area contributed by atoms with Crippen molar-refractivity contribution < 1.29 is 9.53 Å². The summed E-state index contributed by atoms with van der Waals surface area (Å²) in [5.74, 6) is 0.0353. The zero-order valence-electron chi connectivity index (χ0n) is 11.5. The maximum absolute atomic E-state index is 11.8. The number of carbonyl (C=O) groups is 1. The van der Waals surface area contributed by atoms with Gasteiger partial charge in [-0.25, -0.2) is 0 Å². The zero-order valence-corrected chi connectivity index (χ0v) is 13.1. The largest absolute Gasteiger partial charge is 0.460 e. The lowest BCUT2D eigenvalue weighted by Crippen LogP contribution is -2.40. The summed E-state index contributed by atoms with van der Waals surface area (Å²) in [5.41, 5.74) is 5.13. The van der Waals surface area contributed by atoms with Gasteiger partial charge in [-0.15, -0.1) is 24.8 Å². The Labute approximate surface area is 122 Å². The number of ether oxygens (including phenoxy) is 1. The first-order valence-corrected chi connectivity index (χ1v) is 6.07. The molecule has 110 valence electrons. The van der Waals surface area contributed by atoms with Gasteiger partial charge in [0.2, 0.25) is 0 Å². The molecular formula is C12H26Cl2N2O2. The Kier molecular flexibility index (Phi) is 10.1. The van der Waals surface area contributed by atoms with Gasteiger partial charge in [0.1, 0.15) is 5.60 Å². The third-order valence-electron chi connectivity index (χ3n) is 2.77. The minimum atomic E-state index is -0.370. The summed E-state index contributed by atoms with van der Waals surface area (Å²) >= 11 is 0. The second-order valence-electron chi connectivity index (χ2n) is 5.44. The molecule has 1 aliphatic heterocycles. The molecular weight excluding hydrogens is 275 g/mol. The van der Waals surface area contributed by atoms with Crippen molar-refractivity contribution in [3.8, 4) is 0 Å². The minimum Gasteiger partial charge on any atom is -0.460 e. The van der Waals surface area contributed by atoms with Crippen molar-refractivity contribution in [1.82, 2.24) is 4.90 Å². The number of rotatable bonds is 3. The van der Waals surface area contributed by atoms with Crippen LogP contribution in [0.15, 0.2) is 0 Å². The molecule has 0 aromatic carbocycles. The van der Waals surface area contributed by atoms with Crippen LogP contribution in [0.1, 0.15) is 33.6 Å². The number of hydrogen-bond donors (Lipinski definition) is 1. The van der Waals surface area contributed by atoms with Gasteiger partial charge >= 0.3 is 5.97 Å². The van der Waals surface area contributed by atoms with Gasteiger partial charge in [-0.1, -0.05) is 0 Å². The number of nitrogens with two attached hydrogens (primary N) is 1. The van der Waals surface area contributed by atoms with Gasteiger partial charge in [-0.2, -0.15) is 0 Å². The molecule has 1 rings (SSSR count). The van der Waals surface area contributed by atoms with E-state index >= 15 is 0 Å². The van der Waals surface area contributed by atoms with Crippen molar-refractivity contribution in [2.24, 2.45) is 11.7 Å². The molecule has 1 heterocycles. The van der Waals surface area contributed by atoms with E-state index in [2.05, 4.69) is 4.90 Å². The summed E-state index contributed by atoms with van der Waals surface area (Å²) < 4.78 is 5.39. The van der Waals surface area contributed by atoms with E-state index in [0.29, 0.717) is 6.54 Å². The molecule has 1 fully saturated rings. The SMILES string of the molecule is CC(C)(C)OC(=O)C1CCN(CCN)CC1.Cl.Cl. The van der Waals surface area contributed by atoms with Crippen LogP contribution in [0.3, 0.4) is 0 Å². The Morgan fingerprint density at radius 3 is 2.17 bits per heavy atom. The minimum absolute atomic E-state index is 0. The van der Waals surface area contributed by atoms with Crippen molar-refractivity contribution in [1.29, 1.82) is 0 Å². The highest BCUT2D eigenvalue weighted by atomic mass is 35.5. The number of carbonyl (C=O) groups excluding carboxylic acids is 1.